The van der Waals surface area contributed by atoms with Gasteiger partial charge in [0.25, 0.3) is 0 Å². The van der Waals surface area contributed by atoms with Crippen LogP contribution in [0.25, 0.3) is 0 Å². The van der Waals surface area contributed by atoms with Crippen LogP contribution < -0.4 is 12.3 Å². The van der Waals surface area contributed by atoms with Crippen LogP contribution in [0.3, 0.4) is 0 Å². The van der Waals surface area contributed by atoms with Crippen molar-refractivity contribution in [1.82, 2.24) is 12.3 Å². The van der Waals surface area contributed by atoms with Gasteiger partial charge in [0.1, 0.15) is 6.10 Å². The van der Waals surface area contributed by atoms with Gasteiger partial charge in [0.15, 0.2) is 0 Å². The van der Waals surface area contributed by atoms with E-state index in [1.165, 1.54) is 0 Å². The average molecular weight is 190 g/mol. The Hall–Kier alpha value is -0.140. The standard InChI is InChI=1S/C3H8O3.2H3N.HO2P/c4-1-3(6)2-5;;;1-3-2/h3-6H,1-2H2;2*1H3;(H,1,2). The van der Waals surface area contributed by atoms with Gasteiger partial charge in [-0.3, -0.25) is 0 Å². The summed E-state index contributed by atoms with van der Waals surface area (Å²) in [6.07, 6.45) is -0.954. The third-order valence-electron chi connectivity index (χ3n) is 0.421. The van der Waals surface area contributed by atoms with Gasteiger partial charge in [0, 0.05) is 0 Å². The Balaban J connectivity index is -0.0000000437. The lowest BCUT2D eigenvalue weighted by molar-refractivity contribution is 0.0450. The quantitative estimate of drug-likeness (QED) is 0.298. The van der Waals surface area contributed by atoms with Gasteiger partial charge < -0.3 is 32.5 Å². The third-order valence-corrected chi connectivity index (χ3v) is 0.421. The van der Waals surface area contributed by atoms with Crippen LogP contribution in [-0.2, 0) is 4.57 Å². The molecule has 0 fully saturated rings. The monoisotopic (exact) mass is 190 g/mol. The zero-order chi connectivity index (χ0) is 7.70. The highest BCUT2D eigenvalue weighted by Gasteiger charge is 1.93. The number of hydrogen-bond acceptors (Lipinski definition) is 6. The van der Waals surface area contributed by atoms with Crippen LogP contribution in [0.5, 0.6) is 0 Å². The molecule has 0 radical (unpaired) electrons. The van der Waals surface area contributed by atoms with Gasteiger partial charge in [-0.1, -0.05) is 0 Å². The molecule has 0 aromatic heterocycles. The summed E-state index contributed by atoms with van der Waals surface area (Å²) in [5.41, 5.74) is 0. The van der Waals surface area contributed by atoms with Crippen LogP contribution in [-0.4, -0.2) is 39.5 Å². The fourth-order valence-electron chi connectivity index (χ4n) is 0.0577. The molecule has 0 heterocycles. The summed E-state index contributed by atoms with van der Waals surface area (Å²) in [6, 6.07) is 0. The van der Waals surface area contributed by atoms with E-state index in [9.17, 15) is 0 Å². The predicted molar refractivity (Wildman–Crippen MR) is 40.0 cm³/mol. The summed E-state index contributed by atoms with van der Waals surface area (Å²) in [5.74, 6) is 0. The molecule has 10 N–H and O–H groups in total. The molecule has 0 bridgehead atoms. The first-order chi connectivity index (χ1) is 4.22. The van der Waals surface area contributed by atoms with E-state index in [4.69, 9.17) is 24.8 Å². The molecule has 0 saturated carbocycles. The van der Waals surface area contributed by atoms with Crippen molar-refractivity contribution in [3.63, 3.8) is 0 Å². The van der Waals surface area contributed by atoms with Gasteiger partial charge in [-0.15, -0.1) is 0 Å². The van der Waals surface area contributed by atoms with E-state index in [1.807, 2.05) is 0 Å². The van der Waals surface area contributed by atoms with Gasteiger partial charge in [0.2, 0.25) is 0 Å². The highest BCUT2D eigenvalue weighted by molar-refractivity contribution is 7.16. The Bertz CT molecular complexity index is 61.7. The van der Waals surface area contributed by atoms with Crippen molar-refractivity contribution in [3.8, 4) is 0 Å². The minimum Gasteiger partial charge on any atom is -0.394 e. The summed E-state index contributed by atoms with van der Waals surface area (Å²) in [4.78, 5) is 6.99. The first kappa shape index (κ1) is 22.4. The molecule has 0 aliphatic heterocycles. The minimum absolute atomic E-state index is 0. The van der Waals surface area contributed by atoms with Gasteiger partial charge >= 0.3 is 8.69 Å². The SMILES string of the molecule is N.N.O=PO.OCC(O)CO. The second-order valence-electron chi connectivity index (χ2n) is 1.10. The molecule has 0 aliphatic rings. The van der Waals surface area contributed by atoms with Crippen molar-refractivity contribution in [3.05, 3.63) is 0 Å². The topological polar surface area (TPSA) is 168 Å². The predicted octanol–water partition coefficient (Wildman–Crippen LogP) is -1.16. The number of hydrogen-bond donors (Lipinski definition) is 6. The molecule has 8 heteroatoms. The van der Waals surface area contributed by atoms with E-state index in [-0.39, 0.29) is 25.5 Å². The Morgan fingerprint density at radius 2 is 1.36 bits per heavy atom. The van der Waals surface area contributed by atoms with Crippen LogP contribution in [0.4, 0.5) is 0 Å². The number of aliphatic hydroxyl groups excluding tert-OH is 3. The Morgan fingerprint density at radius 3 is 1.36 bits per heavy atom. The average Bonchev–Trinajstić information content (AvgIpc) is 1.88. The highest BCUT2D eigenvalue weighted by atomic mass is 31.1. The van der Waals surface area contributed by atoms with E-state index >= 15 is 0 Å². The molecule has 11 heavy (non-hydrogen) atoms. The van der Waals surface area contributed by atoms with Gasteiger partial charge in [-0.05, 0) is 0 Å². The molecule has 0 amide bonds. The largest absolute Gasteiger partial charge is 0.394 e. The summed E-state index contributed by atoms with van der Waals surface area (Å²) in [5, 5.41) is 24.0. The van der Waals surface area contributed by atoms with Gasteiger partial charge in [0.05, 0.1) is 13.2 Å². The fraction of sp³-hybridized carbons (Fsp3) is 1.00. The van der Waals surface area contributed by atoms with E-state index in [1.54, 1.807) is 0 Å². The normalized spacial score (nSPS) is 7.36. The van der Waals surface area contributed by atoms with Crippen LogP contribution in [0.2, 0.25) is 0 Å². The summed E-state index contributed by atoms with van der Waals surface area (Å²) < 4.78 is 8.46. The molecular weight excluding hydrogens is 175 g/mol. The van der Waals surface area contributed by atoms with Crippen LogP contribution in [0.1, 0.15) is 0 Å². The van der Waals surface area contributed by atoms with E-state index < -0.39 is 14.8 Å². The fourth-order valence-corrected chi connectivity index (χ4v) is 0.0577. The van der Waals surface area contributed by atoms with Crippen molar-refractivity contribution in [2.75, 3.05) is 13.2 Å². The minimum atomic E-state index is -0.954. The van der Waals surface area contributed by atoms with Crippen molar-refractivity contribution >= 4 is 8.69 Å². The number of aliphatic hydroxyl groups is 3. The van der Waals surface area contributed by atoms with Crippen molar-refractivity contribution < 1.29 is 24.8 Å². The molecule has 72 valence electrons. The maximum Gasteiger partial charge on any atom is 0.324 e. The second-order valence-corrected chi connectivity index (χ2v) is 1.26. The van der Waals surface area contributed by atoms with Crippen molar-refractivity contribution in [2.24, 2.45) is 0 Å². The second kappa shape index (κ2) is 22.5. The lowest BCUT2D eigenvalue weighted by Gasteiger charge is -1.96. The summed E-state index contributed by atoms with van der Waals surface area (Å²) >= 11 is 0. The smallest absolute Gasteiger partial charge is 0.324 e. The highest BCUT2D eigenvalue weighted by Crippen LogP contribution is 1.71. The lowest BCUT2D eigenvalue weighted by Crippen LogP contribution is -2.15. The van der Waals surface area contributed by atoms with Crippen LogP contribution in [0, 0.1) is 0 Å². The zero-order valence-corrected chi connectivity index (χ0v) is 6.94. The van der Waals surface area contributed by atoms with Crippen LogP contribution >= 0.6 is 8.69 Å². The third kappa shape index (κ3) is 40.9. The molecule has 0 unspecified atom stereocenters. The Labute approximate surface area is 66.1 Å². The molecule has 0 spiro atoms. The van der Waals surface area contributed by atoms with E-state index in [0.717, 1.165) is 0 Å². The first-order valence-corrected chi connectivity index (χ1v) is 2.85. The molecule has 0 atom stereocenters. The van der Waals surface area contributed by atoms with Crippen molar-refractivity contribution in [2.45, 2.75) is 6.10 Å². The van der Waals surface area contributed by atoms with E-state index in [2.05, 4.69) is 0 Å². The Kier molecular flexibility index (Phi) is 46.0. The summed E-state index contributed by atoms with van der Waals surface area (Å²) in [7, 11) is -0.833. The molecule has 0 aromatic carbocycles. The van der Waals surface area contributed by atoms with Gasteiger partial charge in [-0.25, -0.2) is 4.57 Å². The lowest BCUT2D eigenvalue weighted by atomic mass is 10.4. The number of rotatable bonds is 2. The molecule has 0 aromatic rings. The summed E-state index contributed by atoms with van der Waals surface area (Å²) in [6.45, 7) is -0.729. The Morgan fingerprint density at radius 1 is 1.18 bits per heavy atom. The maximum atomic E-state index is 8.46. The molecule has 7 nitrogen and oxygen atoms in total. The zero-order valence-electron chi connectivity index (χ0n) is 6.05. The molecule has 0 rings (SSSR count). The molecule has 0 saturated heterocycles. The maximum absolute atomic E-state index is 8.46. The van der Waals surface area contributed by atoms with Crippen molar-refractivity contribution in [1.29, 1.82) is 0 Å². The first-order valence-electron chi connectivity index (χ1n) is 2.09. The molecule has 0 aliphatic carbocycles. The van der Waals surface area contributed by atoms with Gasteiger partial charge in [-0.2, -0.15) is 0 Å². The van der Waals surface area contributed by atoms with Crippen LogP contribution in [0.15, 0.2) is 0 Å². The molecular formula is C3H15N2O5P. The van der Waals surface area contributed by atoms with E-state index in [0.29, 0.717) is 0 Å².